The van der Waals surface area contributed by atoms with Crippen LogP contribution in [0.3, 0.4) is 0 Å². The molecule has 1 rings (SSSR count). The minimum atomic E-state index is -0.534. The summed E-state index contributed by atoms with van der Waals surface area (Å²) < 4.78 is 21.3. The Morgan fingerprint density at radius 2 is 1.64 bits per heavy atom. The molecule has 0 fully saturated rings. The van der Waals surface area contributed by atoms with Gasteiger partial charge in [0.2, 0.25) is 0 Å². The first-order valence-corrected chi connectivity index (χ1v) is 8.16. The quantitative estimate of drug-likeness (QED) is 0.651. The van der Waals surface area contributed by atoms with Crippen molar-refractivity contribution in [2.45, 2.75) is 32.8 Å². The molecule has 1 N–H and O–H groups in total. The summed E-state index contributed by atoms with van der Waals surface area (Å²) in [6.07, 6.45) is -0.103. The van der Waals surface area contributed by atoms with Crippen molar-refractivity contribution in [3.05, 3.63) is 24.3 Å². The van der Waals surface area contributed by atoms with Gasteiger partial charge >= 0.3 is 6.09 Å². The van der Waals surface area contributed by atoms with Crippen LogP contribution in [0.2, 0.25) is 0 Å². The van der Waals surface area contributed by atoms with E-state index in [1.165, 1.54) is 0 Å². The first kappa shape index (κ1) is 20.7. The second-order valence-electron chi connectivity index (χ2n) is 6.13. The maximum atomic E-state index is 11.7. The fraction of sp³-hybridized carbons (Fsp3) is 0.556. The zero-order chi connectivity index (χ0) is 18.5. The van der Waals surface area contributed by atoms with Gasteiger partial charge in [0, 0.05) is 5.69 Å². The third kappa shape index (κ3) is 11.0. The molecule has 1 aromatic rings. The van der Waals surface area contributed by atoms with Gasteiger partial charge in [-0.1, -0.05) is 0 Å². The van der Waals surface area contributed by atoms with Crippen LogP contribution in [0.25, 0.3) is 0 Å². The molecule has 0 saturated heterocycles. The van der Waals surface area contributed by atoms with Crippen molar-refractivity contribution in [1.82, 2.24) is 0 Å². The van der Waals surface area contributed by atoms with Gasteiger partial charge in [-0.05, 0) is 45.0 Å². The Kier molecular flexibility index (Phi) is 9.37. The Hall–Kier alpha value is -2.30. The lowest BCUT2D eigenvalue weighted by Gasteiger charge is -2.19. The molecular formula is C18H26N2O5. The molecule has 0 spiro atoms. The van der Waals surface area contributed by atoms with E-state index in [4.69, 9.17) is 24.2 Å². The fourth-order valence-electron chi connectivity index (χ4n) is 1.71. The van der Waals surface area contributed by atoms with Crippen LogP contribution in [-0.2, 0) is 14.2 Å². The Labute approximate surface area is 148 Å². The lowest BCUT2D eigenvalue weighted by atomic mass is 10.2. The number of nitrogens with one attached hydrogen (secondary N) is 1. The minimum absolute atomic E-state index is 0.391. The van der Waals surface area contributed by atoms with Gasteiger partial charge in [0.25, 0.3) is 0 Å². The molecule has 0 aliphatic rings. The first-order chi connectivity index (χ1) is 11.9. The Morgan fingerprint density at radius 1 is 1.04 bits per heavy atom. The standard InChI is InChI=1S/C18H26N2O5/c1-18(2,3)25-17(21)20-15-5-7-16(8-6-15)24-14-13-23-12-11-22-10-4-9-19/h5-8H,4,10-14H2,1-3H3,(H,20,21). The normalized spacial score (nSPS) is 10.8. The number of benzene rings is 1. The molecule has 25 heavy (non-hydrogen) atoms. The number of hydrogen-bond acceptors (Lipinski definition) is 6. The molecule has 0 saturated carbocycles. The monoisotopic (exact) mass is 350 g/mol. The molecule has 0 atom stereocenters. The molecule has 0 aliphatic heterocycles. The number of ether oxygens (including phenoxy) is 4. The summed E-state index contributed by atoms with van der Waals surface area (Å²) in [6, 6.07) is 9.01. The average Bonchev–Trinajstić information content (AvgIpc) is 2.53. The van der Waals surface area contributed by atoms with Crippen LogP contribution in [0, 0.1) is 11.3 Å². The molecule has 0 unspecified atom stereocenters. The lowest BCUT2D eigenvalue weighted by molar-refractivity contribution is 0.0381. The SMILES string of the molecule is CC(C)(C)OC(=O)Nc1ccc(OCCOCCOCCC#N)cc1. The van der Waals surface area contributed by atoms with Gasteiger partial charge < -0.3 is 18.9 Å². The largest absolute Gasteiger partial charge is 0.491 e. The van der Waals surface area contributed by atoms with Crippen LogP contribution >= 0.6 is 0 Å². The van der Waals surface area contributed by atoms with Crippen molar-refractivity contribution < 1.29 is 23.7 Å². The maximum Gasteiger partial charge on any atom is 0.412 e. The van der Waals surface area contributed by atoms with Crippen molar-refractivity contribution in [2.75, 3.05) is 38.4 Å². The summed E-state index contributed by atoms with van der Waals surface area (Å²) in [6.45, 7) is 7.65. The molecule has 1 aromatic carbocycles. The molecule has 138 valence electrons. The number of rotatable bonds is 10. The molecule has 0 radical (unpaired) electrons. The molecule has 1 amide bonds. The third-order valence-electron chi connectivity index (χ3n) is 2.73. The van der Waals surface area contributed by atoms with Crippen LogP contribution in [0.1, 0.15) is 27.2 Å². The Balaban J connectivity index is 2.16. The Morgan fingerprint density at radius 3 is 2.24 bits per heavy atom. The molecule has 0 bridgehead atoms. The minimum Gasteiger partial charge on any atom is -0.491 e. The highest BCUT2D eigenvalue weighted by Crippen LogP contribution is 2.17. The number of nitriles is 1. The second kappa shape index (κ2) is 11.3. The van der Waals surface area contributed by atoms with Gasteiger partial charge in [-0.3, -0.25) is 5.32 Å². The van der Waals surface area contributed by atoms with Crippen molar-refractivity contribution >= 4 is 11.8 Å². The van der Waals surface area contributed by atoms with Crippen molar-refractivity contribution in [2.24, 2.45) is 0 Å². The number of hydrogen-bond donors (Lipinski definition) is 1. The predicted octanol–water partition coefficient (Wildman–Crippen LogP) is 3.36. The van der Waals surface area contributed by atoms with E-state index in [0.717, 1.165) is 0 Å². The first-order valence-electron chi connectivity index (χ1n) is 8.16. The molecule has 0 aliphatic carbocycles. The van der Waals surface area contributed by atoms with Crippen LogP contribution in [-0.4, -0.2) is 44.7 Å². The lowest BCUT2D eigenvalue weighted by Crippen LogP contribution is -2.27. The van der Waals surface area contributed by atoms with Gasteiger partial charge in [0.15, 0.2) is 0 Å². The third-order valence-corrected chi connectivity index (χ3v) is 2.73. The fourth-order valence-corrected chi connectivity index (χ4v) is 1.71. The van der Waals surface area contributed by atoms with Crippen LogP contribution < -0.4 is 10.1 Å². The van der Waals surface area contributed by atoms with Gasteiger partial charge in [-0.25, -0.2) is 4.79 Å². The zero-order valence-corrected chi connectivity index (χ0v) is 15.0. The summed E-state index contributed by atoms with van der Waals surface area (Å²) in [5.41, 5.74) is 0.0980. The van der Waals surface area contributed by atoms with Crippen molar-refractivity contribution in [1.29, 1.82) is 5.26 Å². The summed E-state index contributed by atoms with van der Waals surface area (Å²) in [7, 11) is 0. The molecule has 7 nitrogen and oxygen atoms in total. The van der Waals surface area contributed by atoms with Gasteiger partial charge in [-0.2, -0.15) is 5.26 Å². The highest BCUT2D eigenvalue weighted by Gasteiger charge is 2.16. The summed E-state index contributed by atoms with van der Waals surface area (Å²) in [5, 5.41) is 11.0. The van der Waals surface area contributed by atoms with E-state index in [2.05, 4.69) is 5.32 Å². The van der Waals surface area contributed by atoms with E-state index in [0.29, 0.717) is 50.9 Å². The molecular weight excluding hydrogens is 324 g/mol. The van der Waals surface area contributed by atoms with Crippen LogP contribution in [0.4, 0.5) is 10.5 Å². The summed E-state index contributed by atoms with van der Waals surface area (Å²) in [5.74, 6) is 0.684. The van der Waals surface area contributed by atoms with E-state index in [9.17, 15) is 4.79 Å². The van der Waals surface area contributed by atoms with Crippen LogP contribution in [0.15, 0.2) is 24.3 Å². The number of amides is 1. The van der Waals surface area contributed by atoms with Crippen molar-refractivity contribution in [3.8, 4) is 11.8 Å². The van der Waals surface area contributed by atoms with Crippen molar-refractivity contribution in [3.63, 3.8) is 0 Å². The summed E-state index contributed by atoms with van der Waals surface area (Å²) in [4.78, 5) is 11.7. The van der Waals surface area contributed by atoms with E-state index in [1.54, 1.807) is 24.3 Å². The second-order valence-corrected chi connectivity index (χ2v) is 6.13. The molecule has 7 heteroatoms. The van der Waals surface area contributed by atoms with E-state index in [-0.39, 0.29) is 0 Å². The Bertz CT molecular complexity index is 546. The highest BCUT2D eigenvalue weighted by molar-refractivity contribution is 5.84. The maximum absolute atomic E-state index is 11.7. The van der Waals surface area contributed by atoms with E-state index < -0.39 is 11.7 Å². The topological polar surface area (TPSA) is 89.8 Å². The van der Waals surface area contributed by atoms with Crippen LogP contribution in [0.5, 0.6) is 5.75 Å². The van der Waals surface area contributed by atoms with Gasteiger partial charge in [0.1, 0.15) is 18.0 Å². The van der Waals surface area contributed by atoms with E-state index >= 15 is 0 Å². The zero-order valence-electron chi connectivity index (χ0n) is 15.0. The predicted molar refractivity (Wildman–Crippen MR) is 93.7 cm³/mol. The number of carbonyl (C=O) groups excluding carboxylic acids is 1. The number of nitrogens with zero attached hydrogens (tertiary/aromatic N) is 1. The molecule has 0 heterocycles. The van der Waals surface area contributed by atoms with Gasteiger partial charge in [0.05, 0.1) is 38.9 Å². The number of carbonyl (C=O) groups is 1. The smallest absolute Gasteiger partial charge is 0.412 e. The molecule has 0 aromatic heterocycles. The summed E-state index contributed by atoms with van der Waals surface area (Å²) >= 11 is 0. The van der Waals surface area contributed by atoms with Gasteiger partial charge in [-0.15, -0.1) is 0 Å². The highest BCUT2D eigenvalue weighted by atomic mass is 16.6. The van der Waals surface area contributed by atoms with E-state index in [1.807, 2.05) is 26.8 Å². The average molecular weight is 350 g/mol. The number of anilines is 1.